The van der Waals surface area contributed by atoms with Gasteiger partial charge in [0.25, 0.3) is 5.91 Å². The van der Waals surface area contributed by atoms with E-state index in [1.807, 2.05) is 68.4 Å². The van der Waals surface area contributed by atoms with Crippen LogP contribution in [0.4, 0.5) is 4.79 Å². The predicted molar refractivity (Wildman–Crippen MR) is 112 cm³/mol. The minimum absolute atomic E-state index is 0.271. The summed E-state index contributed by atoms with van der Waals surface area (Å²) in [5.41, 5.74) is 1.99. The van der Waals surface area contributed by atoms with Crippen LogP contribution in [0.15, 0.2) is 54.6 Å². The number of fused-ring (bicyclic) bond motifs is 1. The number of benzene rings is 2. The van der Waals surface area contributed by atoms with Crippen LogP contribution >= 0.6 is 0 Å². The summed E-state index contributed by atoms with van der Waals surface area (Å²) in [6, 6.07) is 16.6. The van der Waals surface area contributed by atoms with Crippen molar-refractivity contribution in [3.63, 3.8) is 0 Å². The van der Waals surface area contributed by atoms with E-state index in [2.05, 4.69) is 10.3 Å². The van der Waals surface area contributed by atoms with Crippen LogP contribution in [0.3, 0.4) is 0 Å². The monoisotopic (exact) mass is 389 g/mol. The Labute approximate surface area is 168 Å². The number of aromatic nitrogens is 1. The molecule has 1 aliphatic rings. The first-order chi connectivity index (χ1) is 14.0. The molecule has 3 aromatic rings. The fourth-order valence-corrected chi connectivity index (χ4v) is 4.02. The van der Waals surface area contributed by atoms with Crippen LogP contribution in [0, 0.1) is 0 Å². The van der Waals surface area contributed by atoms with Crippen molar-refractivity contribution in [1.82, 2.24) is 15.2 Å². The number of nitrogens with one attached hydrogen (secondary N) is 2. The van der Waals surface area contributed by atoms with Crippen LogP contribution in [0.25, 0.3) is 22.2 Å². The summed E-state index contributed by atoms with van der Waals surface area (Å²) in [5, 5.41) is 3.56. The lowest BCUT2D eigenvalue weighted by atomic mass is 9.93. The molecule has 2 N–H and O–H groups in total. The van der Waals surface area contributed by atoms with Gasteiger partial charge >= 0.3 is 6.03 Å². The summed E-state index contributed by atoms with van der Waals surface area (Å²) in [6.07, 6.45) is 0.974. The molecule has 0 unspecified atom stereocenters. The molecule has 1 aliphatic heterocycles. The third kappa shape index (κ3) is 3.01. The van der Waals surface area contributed by atoms with Crippen molar-refractivity contribution in [2.45, 2.75) is 32.2 Å². The molecule has 0 radical (unpaired) electrons. The SMILES string of the molecule is CCC1(CC)NC(=O)N(CC(=O)c2c(-c3ccccc3)[nH]c3ccccc23)C1=O. The maximum atomic E-state index is 13.4. The molecule has 2 aromatic carbocycles. The number of carbonyl (C=O) groups is 3. The number of amides is 3. The lowest BCUT2D eigenvalue weighted by molar-refractivity contribution is -0.131. The first kappa shape index (κ1) is 18.9. The number of Topliss-reactive ketones (excluding diaryl/α,β-unsaturated/α-hetero) is 1. The van der Waals surface area contributed by atoms with Crippen molar-refractivity contribution in [2.75, 3.05) is 6.54 Å². The van der Waals surface area contributed by atoms with E-state index >= 15 is 0 Å². The van der Waals surface area contributed by atoms with Gasteiger partial charge in [0.2, 0.25) is 0 Å². The normalized spacial score (nSPS) is 15.7. The summed E-state index contributed by atoms with van der Waals surface area (Å²) in [5.74, 6) is -0.602. The van der Waals surface area contributed by atoms with Gasteiger partial charge in [0.05, 0.1) is 17.8 Å². The average molecular weight is 389 g/mol. The van der Waals surface area contributed by atoms with E-state index in [4.69, 9.17) is 0 Å². The lowest BCUT2D eigenvalue weighted by Crippen LogP contribution is -2.46. The third-order valence-corrected chi connectivity index (χ3v) is 5.80. The molecule has 1 saturated heterocycles. The van der Waals surface area contributed by atoms with E-state index in [1.165, 1.54) is 0 Å². The fourth-order valence-electron chi connectivity index (χ4n) is 4.02. The van der Waals surface area contributed by atoms with Gasteiger partial charge in [-0.15, -0.1) is 0 Å². The zero-order chi connectivity index (χ0) is 20.6. The summed E-state index contributed by atoms with van der Waals surface area (Å²) in [4.78, 5) is 43.1. The molecule has 0 spiro atoms. The molecule has 6 heteroatoms. The molecule has 3 amide bonds. The molecule has 4 rings (SSSR count). The summed E-state index contributed by atoms with van der Waals surface area (Å²) >= 11 is 0. The van der Waals surface area contributed by atoms with Crippen molar-refractivity contribution in [2.24, 2.45) is 0 Å². The Kier molecular flexibility index (Phi) is 4.70. The molecule has 0 atom stereocenters. The van der Waals surface area contributed by atoms with Crippen molar-refractivity contribution in [3.05, 3.63) is 60.2 Å². The summed E-state index contributed by atoms with van der Waals surface area (Å²) in [7, 11) is 0. The van der Waals surface area contributed by atoms with Gasteiger partial charge < -0.3 is 10.3 Å². The minimum atomic E-state index is -0.917. The highest BCUT2D eigenvalue weighted by Crippen LogP contribution is 2.32. The van der Waals surface area contributed by atoms with Crippen LogP contribution in [-0.4, -0.2) is 39.7 Å². The Morgan fingerprint density at radius 1 is 0.966 bits per heavy atom. The van der Waals surface area contributed by atoms with E-state index < -0.39 is 11.6 Å². The lowest BCUT2D eigenvalue weighted by Gasteiger charge is -2.23. The Morgan fingerprint density at radius 3 is 2.28 bits per heavy atom. The Balaban J connectivity index is 1.75. The molecule has 148 valence electrons. The quantitative estimate of drug-likeness (QED) is 0.491. The van der Waals surface area contributed by atoms with Gasteiger partial charge in [-0.25, -0.2) is 4.79 Å². The van der Waals surface area contributed by atoms with Gasteiger partial charge in [0.15, 0.2) is 5.78 Å². The van der Waals surface area contributed by atoms with E-state index in [-0.39, 0.29) is 18.2 Å². The Bertz CT molecular complexity index is 1100. The van der Waals surface area contributed by atoms with Gasteiger partial charge in [0, 0.05) is 10.9 Å². The molecule has 29 heavy (non-hydrogen) atoms. The average Bonchev–Trinajstić information content (AvgIpc) is 3.25. The fraction of sp³-hybridized carbons (Fsp3) is 0.261. The van der Waals surface area contributed by atoms with Gasteiger partial charge in [-0.2, -0.15) is 0 Å². The second kappa shape index (κ2) is 7.20. The van der Waals surface area contributed by atoms with Crippen LogP contribution in [0.1, 0.15) is 37.0 Å². The highest BCUT2D eigenvalue weighted by atomic mass is 16.2. The van der Waals surface area contributed by atoms with E-state index in [1.54, 1.807) is 0 Å². The van der Waals surface area contributed by atoms with Crippen molar-refractivity contribution >= 4 is 28.6 Å². The van der Waals surface area contributed by atoms with Crippen molar-refractivity contribution in [1.29, 1.82) is 0 Å². The van der Waals surface area contributed by atoms with Crippen molar-refractivity contribution in [3.8, 4) is 11.3 Å². The Morgan fingerprint density at radius 2 is 1.62 bits per heavy atom. The van der Waals surface area contributed by atoms with E-state index in [0.717, 1.165) is 21.4 Å². The topological polar surface area (TPSA) is 82.3 Å². The van der Waals surface area contributed by atoms with E-state index in [0.29, 0.717) is 24.1 Å². The molecular formula is C23H23N3O3. The molecule has 2 heterocycles. The van der Waals surface area contributed by atoms with Gasteiger partial charge in [-0.1, -0.05) is 62.4 Å². The highest BCUT2D eigenvalue weighted by Gasteiger charge is 2.49. The minimum Gasteiger partial charge on any atom is -0.354 e. The first-order valence-electron chi connectivity index (χ1n) is 9.84. The number of urea groups is 1. The molecule has 0 bridgehead atoms. The van der Waals surface area contributed by atoms with Crippen LogP contribution < -0.4 is 5.32 Å². The van der Waals surface area contributed by atoms with Crippen LogP contribution in [-0.2, 0) is 4.79 Å². The summed E-state index contributed by atoms with van der Waals surface area (Å²) in [6.45, 7) is 3.44. The second-order valence-corrected chi connectivity index (χ2v) is 7.32. The van der Waals surface area contributed by atoms with Crippen LogP contribution in [0.5, 0.6) is 0 Å². The Hall–Kier alpha value is -3.41. The number of aromatic amines is 1. The number of H-pyrrole nitrogens is 1. The van der Waals surface area contributed by atoms with Crippen molar-refractivity contribution < 1.29 is 14.4 Å². The number of nitrogens with zero attached hydrogens (tertiary/aromatic N) is 1. The van der Waals surface area contributed by atoms with Gasteiger partial charge in [-0.3, -0.25) is 14.5 Å². The number of hydrogen-bond acceptors (Lipinski definition) is 3. The number of ketones is 1. The summed E-state index contributed by atoms with van der Waals surface area (Å²) < 4.78 is 0. The number of para-hydroxylation sites is 1. The predicted octanol–water partition coefficient (Wildman–Crippen LogP) is 4.13. The molecule has 6 nitrogen and oxygen atoms in total. The zero-order valence-electron chi connectivity index (χ0n) is 16.5. The first-order valence-corrected chi connectivity index (χ1v) is 9.84. The standard InChI is InChI=1S/C23H23N3O3/c1-3-23(4-2)21(28)26(22(29)25-23)14-18(27)19-16-12-8-9-13-17(16)24-20(19)15-10-6-5-7-11-15/h5-13,24H,3-4,14H2,1-2H3,(H,25,29). The largest absolute Gasteiger partial charge is 0.354 e. The number of imide groups is 1. The highest BCUT2D eigenvalue weighted by molar-refractivity contribution is 6.17. The molecule has 0 saturated carbocycles. The smallest absolute Gasteiger partial charge is 0.325 e. The third-order valence-electron chi connectivity index (χ3n) is 5.80. The second-order valence-electron chi connectivity index (χ2n) is 7.32. The molecule has 1 fully saturated rings. The van der Waals surface area contributed by atoms with Gasteiger partial charge in [0.1, 0.15) is 5.54 Å². The molecule has 0 aliphatic carbocycles. The molecular weight excluding hydrogens is 366 g/mol. The van der Waals surface area contributed by atoms with Crippen LogP contribution in [0.2, 0.25) is 0 Å². The number of hydrogen-bond donors (Lipinski definition) is 2. The van der Waals surface area contributed by atoms with E-state index in [9.17, 15) is 14.4 Å². The maximum Gasteiger partial charge on any atom is 0.325 e. The van der Waals surface area contributed by atoms with Gasteiger partial charge in [-0.05, 0) is 24.5 Å². The zero-order valence-corrected chi connectivity index (χ0v) is 16.5. The molecule has 1 aromatic heterocycles. The number of carbonyl (C=O) groups excluding carboxylic acids is 3. The maximum absolute atomic E-state index is 13.4. The number of rotatable bonds is 6.